The van der Waals surface area contributed by atoms with Gasteiger partial charge in [-0.05, 0) is 66.8 Å². The number of hydrogen-bond donors (Lipinski definition) is 1. The maximum atomic E-state index is 13.6. The summed E-state index contributed by atoms with van der Waals surface area (Å²) in [6.45, 7) is 1.95. The van der Waals surface area contributed by atoms with E-state index in [4.69, 9.17) is 4.74 Å². The first-order valence-electron chi connectivity index (χ1n) is 11.4. The number of aromatic nitrogens is 1. The number of aryl methyl sites for hydroxylation is 1. The highest BCUT2D eigenvalue weighted by molar-refractivity contribution is 7.89. The van der Waals surface area contributed by atoms with Crippen LogP contribution in [-0.4, -0.2) is 31.9 Å². The van der Waals surface area contributed by atoms with E-state index in [2.05, 4.69) is 23.3 Å². The minimum absolute atomic E-state index is 0.0638. The van der Waals surface area contributed by atoms with Gasteiger partial charge in [-0.1, -0.05) is 48.0 Å². The fourth-order valence-electron chi connectivity index (χ4n) is 4.95. The van der Waals surface area contributed by atoms with Crippen molar-refractivity contribution < 1.29 is 13.2 Å². The predicted molar refractivity (Wildman–Crippen MR) is 136 cm³/mol. The Kier molecular flexibility index (Phi) is 5.70. The highest BCUT2D eigenvalue weighted by atomic mass is 32.2. The molecule has 6 heteroatoms. The highest BCUT2D eigenvalue weighted by Crippen LogP contribution is 2.49. The van der Waals surface area contributed by atoms with E-state index in [1.54, 1.807) is 26.3 Å². The topological polar surface area (TPSA) is 62.4 Å². The number of nitrogens with one attached hydrogen (secondary N) is 1. The van der Waals surface area contributed by atoms with Crippen LogP contribution in [0.4, 0.5) is 0 Å². The molecule has 0 spiro atoms. The molecule has 1 N–H and O–H groups in total. The second-order valence-electron chi connectivity index (χ2n) is 8.76. The van der Waals surface area contributed by atoms with Crippen molar-refractivity contribution in [3.63, 3.8) is 0 Å². The predicted octanol–water partition coefficient (Wildman–Crippen LogP) is 6.09. The standard InChI is InChI=1S/C28H28N2O3S/c1-19-11-13-22(14-12-19)34(31,32)30(2)27-16-15-24(25-18-29-26-10-5-4-9-23(25)26)28(27)20-7-6-8-21(17-20)33-3/h4-14,17-18,24,29H,15-16H2,1-3H3/t24-/m1/s1. The molecule has 5 rings (SSSR count). The number of hydrogen-bond acceptors (Lipinski definition) is 3. The van der Waals surface area contributed by atoms with Gasteiger partial charge in [0.15, 0.2) is 0 Å². The molecule has 3 aromatic carbocycles. The molecule has 0 unspecified atom stereocenters. The van der Waals surface area contributed by atoms with E-state index in [0.29, 0.717) is 11.3 Å². The second kappa shape index (κ2) is 8.69. The molecule has 1 aliphatic carbocycles. The Morgan fingerprint density at radius 2 is 1.76 bits per heavy atom. The lowest BCUT2D eigenvalue weighted by Gasteiger charge is -2.24. The van der Waals surface area contributed by atoms with Crippen molar-refractivity contribution in [3.8, 4) is 5.75 Å². The monoisotopic (exact) mass is 472 g/mol. The molecule has 0 bridgehead atoms. The van der Waals surface area contributed by atoms with Crippen molar-refractivity contribution in [1.82, 2.24) is 9.29 Å². The summed E-state index contributed by atoms with van der Waals surface area (Å²) in [5, 5.41) is 1.16. The molecular weight excluding hydrogens is 444 g/mol. The minimum atomic E-state index is -3.69. The molecule has 1 aliphatic rings. The molecule has 0 fully saturated rings. The van der Waals surface area contributed by atoms with Gasteiger partial charge < -0.3 is 9.72 Å². The third kappa shape index (κ3) is 3.78. The van der Waals surface area contributed by atoms with Crippen LogP contribution in [0.2, 0.25) is 0 Å². The average molecular weight is 473 g/mol. The number of rotatable bonds is 6. The molecule has 0 aliphatic heterocycles. The lowest BCUT2D eigenvalue weighted by Crippen LogP contribution is -2.26. The maximum absolute atomic E-state index is 13.6. The van der Waals surface area contributed by atoms with Gasteiger partial charge in [0.05, 0.1) is 12.0 Å². The van der Waals surface area contributed by atoms with Crippen LogP contribution in [0.3, 0.4) is 0 Å². The van der Waals surface area contributed by atoms with Crippen molar-refractivity contribution in [3.05, 3.63) is 101 Å². The van der Waals surface area contributed by atoms with Crippen molar-refractivity contribution in [2.24, 2.45) is 0 Å². The molecule has 0 saturated heterocycles. The molecule has 34 heavy (non-hydrogen) atoms. The number of benzene rings is 3. The first-order chi connectivity index (χ1) is 16.4. The summed E-state index contributed by atoms with van der Waals surface area (Å²) in [6.07, 6.45) is 3.56. The van der Waals surface area contributed by atoms with Crippen LogP contribution in [-0.2, 0) is 10.0 Å². The smallest absolute Gasteiger partial charge is 0.263 e. The van der Waals surface area contributed by atoms with Crippen LogP contribution >= 0.6 is 0 Å². The summed E-state index contributed by atoms with van der Waals surface area (Å²) in [5.41, 5.74) is 6.12. The summed E-state index contributed by atoms with van der Waals surface area (Å²) in [7, 11) is -0.378. The van der Waals surface area contributed by atoms with E-state index in [0.717, 1.165) is 45.5 Å². The zero-order valence-electron chi connectivity index (χ0n) is 19.6. The van der Waals surface area contributed by atoms with Crippen LogP contribution in [0.1, 0.15) is 35.4 Å². The Morgan fingerprint density at radius 3 is 2.53 bits per heavy atom. The van der Waals surface area contributed by atoms with Gasteiger partial charge in [-0.3, -0.25) is 4.31 Å². The van der Waals surface area contributed by atoms with Crippen LogP contribution in [0.25, 0.3) is 16.5 Å². The number of methoxy groups -OCH3 is 1. The van der Waals surface area contributed by atoms with Crippen molar-refractivity contribution >= 4 is 26.5 Å². The molecule has 174 valence electrons. The molecular formula is C28H28N2O3S. The molecule has 0 radical (unpaired) electrons. The first-order valence-corrected chi connectivity index (χ1v) is 12.8. The zero-order valence-corrected chi connectivity index (χ0v) is 20.4. The summed E-state index contributed by atoms with van der Waals surface area (Å²) in [5.74, 6) is 0.812. The molecule has 0 amide bonds. The van der Waals surface area contributed by atoms with E-state index in [1.165, 1.54) is 9.87 Å². The van der Waals surface area contributed by atoms with Crippen LogP contribution in [0.15, 0.2) is 89.6 Å². The number of fused-ring (bicyclic) bond motifs is 1. The SMILES string of the molecule is COc1cccc(C2=C(N(C)S(=O)(=O)c3ccc(C)cc3)CC[C@@H]2c2c[nH]c3ccccc23)c1. The maximum Gasteiger partial charge on any atom is 0.263 e. The number of H-pyrrole nitrogens is 1. The van der Waals surface area contributed by atoms with E-state index in [1.807, 2.05) is 55.5 Å². The van der Waals surface area contributed by atoms with Gasteiger partial charge in [-0.2, -0.15) is 0 Å². The fourth-order valence-corrected chi connectivity index (χ4v) is 6.23. The van der Waals surface area contributed by atoms with E-state index in [9.17, 15) is 8.42 Å². The Morgan fingerprint density at radius 1 is 1.00 bits per heavy atom. The quantitative estimate of drug-likeness (QED) is 0.369. The van der Waals surface area contributed by atoms with E-state index < -0.39 is 10.0 Å². The van der Waals surface area contributed by atoms with Gasteiger partial charge in [0.25, 0.3) is 10.0 Å². The number of sulfonamides is 1. The van der Waals surface area contributed by atoms with Crippen LogP contribution in [0, 0.1) is 6.92 Å². The number of para-hydroxylation sites is 1. The van der Waals surface area contributed by atoms with Gasteiger partial charge in [0.1, 0.15) is 5.75 Å². The van der Waals surface area contributed by atoms with Crippen molar-refractivity contribution in [2.45, 2.75) is 30.6 Å². The Balaban J connectivity index is 1.68. The van der Waals surface area contributed by atoms with Gasteiger partial charge in [0, 0.05) is 35.8 Å². The molecule has 5 nitrogen and oxygen atoms in total. The molecule has 4 aromatic rings. The number of ether oxygens (including phenoxy) is 1. The lowest BCUT2D eigenvalue weighted by molar-refractivity contribution is 0.414. The minimum Gasteiger partial charge on any atom is -0.497 e. The highest BCUT2D eigenvalue weighted by Gasteiger charge is 2.35. The van der Waals surface area contributed by atoms with E-state index >= 15 is 0 Å². The normalized spacial score (nSPS) is 16.3. The summed E-state index contributed by atoms with van der Waals surface area (Å²) in [6, 6.07) is 23.2. The van der Waals surface area contributed by atoms with Crippen LogP contribution < -0.4 is 4.74 Å². The number of aromatic amines is 1. The summed E-state index contributed by atoms with van der Waals surface area (Å²) >= 11 is 0. The summed E-state index contributed by atoms with van der Waals surface area (Å²) < 4.78 is 34.2. The third-order valence-corrected chi connectivity index (χ3v) is 8.58. The van der Waals surface area contributed by atoms with E-state index in [-0.39, 0.29) is 5.92 Å². The van der Waals surface area contributed by atoms with Crippen molar-refractivity contribution in [1.29, 1.82) is 0 Å². The number of nitrogens with zero attached hydrogens (tertiary/aromatic N) is 1. The Bertz CT molecular complexity index is 1480. The zero-order chi connectivity index (χ0) is 23.9. The Labute approximate surface area is 200 Å². The van der Waals surface area contributed by atoms with Gasteiger partial charge in [-0.25, -0.2) is 8.42 Å². The number of allylic oxidation sites excluding steroid dienone is 2. The second-order valence-corrected chi connectivity index (χ2v) is 10.7. The van der Waals surface area contributed by atoms with Gasteiger partial charge >= 0.3 is 0 Å². The molecule has 1 atom stereocenters. The first kappa shape index (κ1) is 22.3. The molecule has 1 heterocycles. The lowest BCUT2D eigenvalue weighted by atomic mass is 9.88. The average Bonchev–Trinajstić information content (AvgIpc) is 3.48. The third-order valence-electron chi connectivity index (χ3n) is 6.77. The van der Waals surface area contributed by atoms with Crippen molar-refractivity contribution in [2.75, 3.05) is 14.2 Å². The largest absolute Gasteiger partial charge is 0.497 e. The molecule has 0 saturated carbocycles. The molecule has 1 aromatic heterocycles. The van der Waals surface area contributed by atoms with Gasteiger partial charge in [0.2, 0.25) is 0 Å². The fraction of sp³-hybridized carbons (Fsp3) is 0.214. The van der Waals surface area contributed by atoms with Crippen LogP contribution in [0.5, 0.6) is 5.75 Å². The van der Waals surface area contributed by atoms with Gasteiger partial charge in [-0.15, -0.1) is 0 Å². The summed E-state index contributed by atoms with van der Waals surface area (Å²) in [4.78, 5) is 3.69. The Hall–Kier alpha value is -3.51.